The lowest BCUT2D eigenvalue weighted by Gasteiger charge is -2.13. The topological polar surface area (TPSA) is 44.9 Å². The van der Waals surface area contributed by atoms with Crippen molar-refractivity contribution in [2.24, 2.45) is 0 Å². The van der Waals surface area contributed by atoms with Crippen LogP contribution in [0.25, 0.3) is 11.1 Å². The molecule has 2 aromatic rings. The molecule has 2 heterocycles. The number of amides is 1. The molecule has 1 aliphatic rings. The maximum atomic E-state index is 11.8. The van der Waals surface area contributed by atoms with Crippen LogP contribution in [0.15, 0.2) is 36.5 Å². The number of fused-ring (bicyclic) bond motifs is 1. The van der Waals surface area contributed by atoms with Gasteiger partial charge in [0.05, 0.1) is 5.56 Å². The summed E-state index contributed by atoms with van der Waals surface area (Å²) in [5, 5.41) is 2.88. The van der Waals surface area contributed by atoms with Crippen LogP contribution < -0.4 is 5.32 Å². The standard InChI is InChI=1S/C13H12N2O/c16-13-12-10(9-4-2-1-3-5-9)8-15-11(12)6-7-14-13/h1-5,8,15H,6-7H2,(H,14,16). The van der Waals surface area contributed by atoms with Gasteiger partial charge in [-0.3, -0.25) is 4.79 Å². The summed E-state index contributed by atoms with van der Waals surface area (Å²) in [5.41, 5.74) is 3.92. The Labute approximate surface area is 93.5 Å². The van der Waals surface area contributed by atoms with Gasteiger partial charge in [-0.15, -0.1) is 0 Å². The zero-order valence-corrected chi connectivity index (χ0v) is 8.79. The molecule has 80 valence electrons. The summed E-state index contributed by atoms with van der Waals surface area (Å²) in [6, 6.07) is 9.98. The van der Waals surface area contributed by atoms with E-state index in [4.69, 9.17) is 0 Å². The van der Waals surface area contributed by atoms with Gasteiger partial charge in [0, 0.05) is 30.4 Å². The number of rotatable bonds is 1. The van der Waals surface area contributed by atoms with E-state index in [1.165, 1.54) is 0 Å². The van der Waals surface area contributed by atoms with E-state index in [2.05, 4.69) is 10.3 Å². The molecule has 1 aromatic heterocycles. The third kappa shape index (κ3) is 1.33. The van der Waals surface area contributed by atoms with Crippen LogP contribution in [-0.2, 0) is 6.42 Å². The minimum atomic E-state index is 0.0290. The van der Waals surface area contributed by atoms with Gasteiger partial charge in [-0.1, -0.05) is 30.3 Å². The van der Waals surface area contributed by atoms with Gasteiger partial charge in [-0.25, -0.2) is 0 Å². The summed E-state index contributed by atoms with van der Waals surface area (Å²) in [7, 11) is 0. The second-order valence-electron chi connectivity index (χ2n) is 3.93. The largest absolute Gasteiger partial charge is 0.364 e. The molecule has 0 saturated carbocycles. The molecule has 16 heavy (non-hydrogen) atoms. The Morgan fingerprint density at radius 2 is 1.94 bits per heavy atom. The number of carbonyl (C=O) groups is 1. The first-order chi connectivity index (χ1) is 7.86. The molecule has 0 atom stereocenters. The zero-order chi connectivity index (χ0) is 11.0. The minimum Gasteiger partial charge on any atom is -0.364 e. The van der Waals surface area contributed by atoms with Crippen molar-refractivity contribution in [3.63, 3.8) is 0 Å². The summed E-state index contributed by atoms with van der Waals surface area (Å²) in [6.07, 6.45) is 2.80. The van der Waals surface area contributed by atoms with Crippen molar-refractivity contribution in [3.8, 4) is 11.1 Å². The Morgan fingerprint density at radius 1 is 1.12 bits per heavy atom. The number of benzene rings is 1. The van der Waals surface area contributed by atoms with E-state index in [1.54, 1.807) is 0 Å². The lowest BCUT2D eigenvalue weighted by molar-refractivity contribution is 0.0946. The van der Waals surface area contributed by atoms with Gasteiger partial charge >= 0.3 is 0 Å². The highest BCUT2D eigenvalue weighted by molar-refractivity contribution is 6.02. The Kier molecular flexibility index (Phi) is 2.03. The van der Waals surface area contributed by atoms with Crippen molar-refractivity contribution in [2.75, 3.05) is 6.54 Å². The first kappa shape index (κ1) is 9.21. The van der Waals surface area contributed by atoms with Gasteiger partial charge < -0.3 is 10.3 Å². The number of aromatic nitrogens is 1. The fourth-order valence-corrected chi connectivity index (χ4v) is 2.16. The molecule has 0 saturated heterocycles. The molecule has 0 bridgehead atoms. The molecule has 0 radical (unpaired) electrons. The van der Waals surface area contributed by atoms with Gasteiger partial charge in [-0.2, -0.15) is 0 Å². The lowest BCUT2D eigenvalue weighted by atomic mass is 9.99. The molecule has 3 rings (SSSR count). The normalized spacial score (nSPS) is 14.4. The molecule has 0 unspecified atom stereocenters. The van der Waals surface area contributed by atoms with Crippen LogP contribution in [-0.4, -0.2) is 17.4 Å². The Balaban J connectivity index is 2.16. The number of aromatic amines is 1. The molecule has 0 aliphatic carbocycles. The SMILES string of the molecule is O=C1NCCc2[nH]cc(-c3ccccc3)c21. The molecule has 0 fully saturated rings. The minimum absolute atomic E-state index is 0.0290. The maximum absolute atomic E-state index is 11.8. The second-order valence-corrected chi connectivity index (χ2v) is 3.93. The van der Waals surface area contributed by atoms with E-state index >= 15 is 0 Å². The van der Waals surface area contributed by atoms with Gasteiger partial charge in [0.25, 0.3) is 5.91 Å². The van der Waals surface area contributed by atoms with Crippen LogP contribution in [0.1, 0.15) is 16.1 Å². The van der Waals surface area contributed by atoms with Crippen LogP contribution >= 0.6 is 0 Å². The van der Waals surface area contributed by atoms with Crippen molar-refractivity contribution in [2.45, 2.75) is 6.42 Å². The molecule has 1 aromatic carbocycles. The van der Waals surface area contributed by atoms with Crippen LogP contribution in [0.5, 0.6) is 0 Å². The van der Waals surface area contributed by atoms with Gasteiger partial charge in [0.2, 0.25) is 0 Å². The van der Waals surface area contributed by atoms with Gasteiger partial charge in [0.1, 0.15) is 0 Å². The molecule has 3 nitrogen and oxygen atoms in total. The molecule has 1 aliphatic heterocycles. The smallest absolute Gasteiger partial charge is 0.253 e. The number of carbonyl (C=O) groups excluding carboxylic acids is 1. The van der Waals surface area contributed by atoms with Crippen LogP contribution in [0.2, 0.25) is 0 Å². The third-order valence-corrected chi connectivity index (χ3v) is 2.93. The van der Waals surface area contributed by atoms with Gasteiger partial charge in [0.15, 0.2) is 0 Å². The van der Waals surface area contributed by atoms with Crippen LogP contribution in [0.3, 0.4) is 0 Å². The Bertz CT molecular complexity index is 528. The van der Waals surface area contributed by atoms with Crippen molar-refractivity contribution < 1.29 is 4.79 Å². The maximum Gasteiger partial charge on any atom is 0.253 e. The van der Waals surface area contributed by atoms with E-state index in [0.717, 1.165) is 35.3 Å². The fourth-order valence-electron chi connectivity index (χ4n) is 2.16. The second kappa shape index (κ2) is 3.52. The Morgan fingerprint density at radius 3 is 2.75 bits per heavy atom. The van der Waals surface area contributed by atoms with Crippen LogP contribution in [0, 0.1) is 0 Å². The van der Waals surface area contributed by atoms with Gasteiger partial charge in [-0.05, 0) is 5.56 Å². The summed E-state index contributed by atoms with van der Waals surface area (Å²) >= 11 is 0. The summed E-state index contributed by atoms with van der Waals surface area (Å²) in [5.74, 6) is 0.0290. The number of hydrogen-bond acceptors (Lipinski definition) is 1. The third-order valence-electron chi connectivity index (χ3n) is 2.93. The van der Waals surface area contributed by atoms with Crippen LogP contribution in [0.4, 0.5) is 0 Å². The Hall–Kier alpha value is -2.03. The zero-order valence-electron chi connectivity index (χ0n) is 8.79. The first-order valence-electron chi connectivity index (χ1n) is 5.40. The van der Waals surface area contributed by atoms with E-state index in [1.807, 2.05) is 36.5 Å². The molecule has 0 spiro atoms. The van der Waals surface area contributed by atoms with E-state index in [0.29, 0.717) is 0 Å². The fraction of sp³-hybridized carbons (Fsp3) is 0.154. The average molecular weight is 212 g/mol. The summed E-state index contributed by atoms with van der Waals surface area (Å²) in [6.45, 7) is 0.723. The highest BCUT2D eigenvalue weighted by Crippen LogP contribution is 2.27. The highest BCUT2D eigenvalue weighted by Gasteiger charge is 2.22. The molecular formula is C13H12N2O. The van der Waals surface area contributed by atoms with Crippen molar-refractivity contribution in [1.82, 2.24) is 10.3 Å². The monoisotopic (exact) mass is 212 g/mol. The first-order valence-corrected chi connectivity index (χ1v) is 5.40. The molecule has 2 N–H and O–H groups in total. The number of hydrogen-bond donors (Lipinski definition) is 2. The van der Waals surface area contributed by atoms with E-state index in [9.17, 15) is 4.79 Å². The molecule has 3 heteroatoms. The molecular weight excluding hydrogens is 200 g/mol. The van der Waals surface area contributed by atoms with E-state index < -0.39 is 0 Å². The van der Waals surface area contributed by atoms with Crippen molar-refractivity contribution in [1.29, 1.82) is 0 Å². The predicted molar refractivity (Wildman–Crippen MR) is 62.3 cm³/mol. The number of nitrogens with one attached hydrogen (secondary N) is 2. The summed E-state index contributed by atoms with van der Waals surface area (Å²) in [4.78, 5) is 15.0. The quantitative estimate of drug-likeness (QED) is 0.745. The highest BCUT2D eigenvalue weighted by atomic mass is 16.1. The summed E-state index contributed by atoms with van der Waals surface area (Å²) < 4.78 is 0. The molecule has 1 amide bonds. The van der Waals surface area contributed by atoms with Crippen molar-refractivity contribution >= 4 is 5.91 Å². The van der Waals surface area contributed by atoms with E-state index in [-0.39, 0.29) is 5.91 Å². The predicted octanol–water partition coefficient (Wildman–Crippen LogP) is 1.97. The average Bonchev–Trinajstić information content (AvgIpc) is 2.75. The lowest BCUT2D eigenvalue weighted by Crippen LogP contribution is -2.31. The number of H-pyrrole nitrogens is 1. The van der Waals surface area contributed by atoms with Crippen molar-refractivity contribution in [3.05, 3.63) is 47.8 Å².